The number of hydrogen-bond donors (Lipinski definition) is 2. The van der Waals surface area contributed by atoms with Gasteiger partial charge in [0.25, 0.3) is 0 Å². The third-order valence-corrected chi connectivity index (χ3v) is 4.74. The van der Waals surface area contributed by atoms with Crippen LogP contribution in [0.15, 0.2) is 54.6 Å². The molecule has 23 heavy (non-hydrogen) atoms. The Labute approximate surface area is 142 Å². The summed E-state index contributed by atoms with van der Waals surface area (Å²) in [5, 5.41) is 6.55. The lowest BCUT2D eigenvalue weighted by Gasteiger charge is -2.25. The van der Waals surface area contributed by atoms with Gasteiger partial charge in [-0.15, -0.1) is 12.4 Å². The molecule has 1 amide bonds. The molecule has 3 unspecified atom stereocenters. The van der Waals surface area contributed by atoms with Crippen LogP contribution in [0.2, 0.25) is 0 Å². The number of fused-ring (bicyclic) bond motifs is 1. The van der Waals surface area contributed by atoms with E-state index in [1.165, 1.54) is 16.7 Å². The van der Waals surface area contributed by atoms with Gasteiger partial charge in [-0.2, -0.15) is 0 Å². The van der Waals surface area contributed by atoms with E-state index in [1.807, 2.05) is 12.1 Å². The minimum absolute atomic E-state index is 0. The zero-order valence-electron chi connectivity index (χ0n) is 12.9. The van der Waals surface area contributed by atoms with Crippen molar-refractivity contribution in [2.45, 2.75) is 37.4 Å². The zero-order chi connectivity index (χ0) is 14.9. The molecule has 0 radical (unpaired) electrons. The van der Waals surface area contributed by atoms with Crippen LogP contribution in [0.25, 0.3) is 0 Å². The quantitative estimate of drug-likeness (QED) is 0.909. The molecule has 0 saturated heterocycles. The fourth-order valence-electron chi connectivity index (χ4n) is 3.35. The second-order valence-electron chi connectivity index (χ2n) is 6.27. The van der Waals surface area contributed by atoms with Gasteiger partial charge in [0, 0.05) is 18.5 Å². The van der Waals surface area contributed by atoms with Gasteiger partial charge < -0.3 is 10.6 Å². The number of hydrogen-bond acceptors (Lipinski definition) is 2. The van der Waals surface area contributed by atoms with Crippen LogP contribution in [0.3, 0.4) is 0 Å². The van der Waals surface area contributed by atoms with E-state index in [9.17, 15) is 4.79 Å². The summed E-state index contributed by atoms with van der Waals surface area (Å²) in [6, 6.07) is 19.0. The molecule has 3 atom stereocenters. The Balaban J connectivity index is 0.00000156. The van der Waals surface area contributed by atoms with Crippen LogP contribution in [-0.4, -0.2) is 18.0 Å². The highest BCUT2D eigenvalue weighted by atomic mass is 35.5. The lowest BCUT2D eigenvalue weighted by atomic mass is 9.95. The molecular weight excluding hydrogens is 308 g/mol. The van der Waals surface area contributed by atoms with E-state index in [4.69, 9.17) is 0 Å². The van der Waals surface area contributed by atoms with Gasteiger partial charge in [0.2, 0.25) is 5.91 Å². The molecule has 2 aromatic rings. The van der Waals surface area contributed by atoms with E-state index in [0.29, 0.717) is 12.0 Å². The first kappa shape index (κ1) is 16.0. The van der Waals surface area contributed by atoms with Gasteiger partial charge in [0.15, 0.2) is 0 Å². The van der Waals surface area contributed by atoms with E-state index in [2.05, 4.69) is 53.1 Å². The highest BCUT2D eigenvalue weighted by Gasteiger charge is 2.40. The van der Waals surface area contributed by atoms with Gasteiger partial charge in [0.1, 0.15) is 0 Å². The summed E-state index contributed by atoms with van der Waals surface area (Å²) in [6.07, 6.45) is 1.84. The van der Waals surface area contributed by atoms with Gasteiger partial charge >= 0.3 is 0 Å². The predicted molar refractivity (Wildman–Crippen MR) is 93.8 cm³/mol. The van der Waals surface area contributed by atoms with E-state index >= 15 is 0 Å². The van der Waals surface area contributed by atoms with Gasteiger partial charge in [-0.1, -0.05) is 54.6 Å². The maximum absolute atomic E-state index is 12.5. The molecule has 0 bridgehead atoms. The van der Waals surface area contributed by atoms with Crippen LogP contribution in [0.4, 0.5) is 0 Å². The fourth-order valence-corrected chi connectivity index (χ4v) is 3.35. The highest BCUT2D eigenvalue weighted by molar-refractivity contribution is 5.85. The summed E-state index contributed by atoms with van der Waals surface area (Å²) in [4.78, 5) is 12.5. The molecule has 2 N–H and O–H groups in total. The van der Waals surface area contributed by atoms with E-state index in [1.54, 1.807) is 0 Å². The first-order chi connectivity index (χ1) is 10.8. The number of carbonyl (C=O) groups excluding carboxylic acids is 1. The van der Waals surface area contributed by atoms with E-state index in [0.717, 1.165) is 19.4 Å². The molecule has 2 aliphatic rings. The number of rotatable bonds is 3. The SMILES string of the molecule is Cl.O=C(NC1CC1c1ccccc1)C1Cc2ccccc2CN1. The second-order valence-corrected chi connectivity index (χ2v) is 6.27. The van der Waals surface area contributed by atoms with Crippen LogP contribution in [-0.2, 0) is 17.8 Å². The van der Waals surface area contributed by atoms with Crippen molar-refractivity contribution < 1.29 is 4.79 Å². The molecule has 4 heteroatoms. The fraction of sp³-hybridized carbons (Fsp3) is 0.316. The Morgan fingerprint density at radius 2 is 1.70 bits per heavy atom. The minimum atomic E-state index is -0.105. The minimum Gasteiger partial charge on any atom is -0.351 e. The molecule has 4 rings (SSSR count). The molecule has 1 heterocycles. The molecule has 2 aromatic carbocycles. The third kappa shape index (κ3) is 3.41. The molecule has 120 valence electrons. The lowest BCUT2D eigenvalue weighted by Crippen LogP contribution is -2.48. The zero-order valence-corrected chi connectivity index (χ0v) is 13.7. The van der Waals surface area contributed by atoms with Crippen LogP contribution in [0.5, 0.6) is 0 Å². The molecule has 1 aliphatic carbocycles. The van der Waals surface area contributed by atoms with Crippen molar-refractivity contribution in [3.8, 4) is 0 Å². The Hall–Kier alpha value is -1.84. The summed E-state index contributed by atoms with van der Waals surface area (Å²) in [5.74, 6) is 0.624. The van der Waals surface area contributed by atoms with Crippen molar-refractivity contribution in [3.05, 3.63) is 71.3 Å². The number of benzene rings is 2. The largest absolute Gasteiger partial charge is 0.351 e. The third-order valence-electron chi connectivity index (χ3n) is 4.74. The molecular formula is C19H21ClN2O. The molecule has 0 spiro atoms. The van der Waals surface area contributed by atoms with E-state index in [-0.39, 0.29) is 24.4 Å². The number of nitrogens with one attached hydrogen (secondary N) is 2. The smallest absolute Gasteiger partial charge is 0.237 e. The predicted octanol–water partition coefficient (Wildman–Crippen LogP) is 2.79. The Kier molecular flexibility index (Phi) is 4.69. The first-order valence-corrected chi connectivity index (χ1v) is 7.97. The maximum atomic E-state index is 12.5. The monoisotopic (exact) mass is 328 g/mol. The molecule has 1 aliphatic heterocycles. The van der Waals surface area contributed by atoms with Gasteiger partial charge in [-0.05, 0) is 29.5 Å². The van der Waals surface area contributed by atoms with Crippen LogP contribution in [0.1, 0.15) is 29.0 Å². The average molecular weight is 329 g/mol. The first-order valence-electron chi connectivity index (χ1n) is 7.97. The van der Waals surface area contributed by atoms with Crippen molar-refractivity contribution in [1.82, 2.24) is 10.6 Å². The second kappa shape index (κ2) is 6.73. The number of carbonyl (C=O) groups is 1. The van der Waals surface area contributed by atoms with Crippen LogP contribution >= 0.6 is 12.4 Å². The molecule has 0 aromatic heterocycles. The topological polar surface area (TPSA) is 41.1 Å². The van der Waals surface area contributed by atoms with Crippen LogP contribution in [0, 0.1) is 0 Å². The Morgan fingerprint density at radius 1 is 1.00 bits per heavy atom. The summed E-state index contributed by atoms with van der Waals surface area (Å²) >= 11 is 0. The number of amides is 1. The standard InChI is InChI=1S/C19H20N2O.ClH/c22-19(18-10-14-8-4-5-9-15(14)12-20-18)21-17-11-16(17)13-6-2-1-3-7-13;/h1-9,16-18,20H,10-12H2,(H,21,22);1H. The van der Waals surface area contributed by atoms with Gasteiger partial charge in [0.05, 0.1) is 6.04 Å². The van der Waals surface area contributed by atoms with Crippen molar-refractivity contribution in [3.63, 3.8) is 0 Å². The number of halogens is 1. The van der Waals surface area contributed by atoms with Crippen molar-refractivity contribution in [2.24, 2.45) is 0 Å². The lowest BCUT2D eigenvalue weighted by molar-refractivity contribution is -0.123. The summed E-state index contributed by atoms with van der Waals surface area (Å²) in [7, 11) is 0. The summed E-state index contributed by atoms with van der Waals surface area (Å²) in [6.45, 7) is 0.779. The van der Waals surface area contributed by atoms with Crippen LogP contribution < -0.4 is 10.6 Å². The molecule has 1 saturated carbocycles. The van der Waals surface area contributed by atoms with E-state index < -0.39 is 0 Å². The van der Waals surface area contributed by atoms with Gasteiger partial charge in [-0.25, -0.2) is 0 Å². The van der Waals surface area contributed by atoms with Gasteiger partial charge in [-0.3, -0.25) is 4.79 Å². The normalized spacial score (nSPS) is 25.0. The molecule has 1 fully saturated rings. The van der Waals surface area contributed by atoms with Crippen molar-refractivity contribution in [2.75, 3.05) is 0 Å². The Bertz CT molecular complexity index is 689. The van der Waals surface area contributed by atoms with Crippen molar-refractivity contribution >= 4 is 18.3 Å². The Morgan fingerprint density at radius 3 is 2.48 bits per heavy atom. The summed E-state index contributed by atoms with van der Waals surface area (Å²) in [5.41, 5.74) is 3.92. The maximum Gasteiger partial charge on any atom is 0.237 e. The van der Waals surface area contributed by atoms with Crippen molar-refractivity contribution in [1.29, 1.82) is 0 Å². The highest BCUT2D eigenvalue weighted by Crippen LogP contribution is 2.40. The molecule has 3 nitrogen and oxygen atoms in total. The summed E-state index contributed by atoms with van der Waals surface area (Å²) < 4.78 is 0. The average Bonchev–Trinajstić information content (AvgIpc) is 3.34.